The van der Waals surface area contributed by atoms with Crippen molar-refractivity contribution in [3.63, 3.8) is 0 Å². The number of nitrogens with two attached hydrogens (primary N) is 1. The van der Waals surface area contributed by atoms with Crippen molar-refractivity contribution < 1.29 is 9.59 Å². The van der Waals surface area contributed by atoms with Gasteiger partial charge in [0.05, 0.1) is 6.04 Å². The van der Waals surface area contributed by atoms with Crippen molar-refractivity contribution in [2.24, 2.45) is 5.73 Å². The molecule has 1 aromatic heterocycles. The largest absolute Gasteiger partial charge is 0.370 e. The number of hydrogen-bond acceptors (Lipinski definition) is 4. The Morgan fingerprint density at radius 2 is 2.19 bits per heavy atom. The summed E-state index contributed by atoms with van der Waals surface area (Å²) in [5, 5.41) is 7.85. The number of carbonyl (C=O) groups is 2. The van der Waals surface area contributed by atoms with E-state index in [-0.39, 0.29) is 37.3 Å². The van der Waals surface area contributed by atoms with Crippen LogP contribution < -0.4 is 16.0 Å². The van der Waals surface area contributed by atoms with E-state index in [1.807, 2.05) is 42.1 Å². The highest BCUT2D eigenvalue weighted by molar-refractivity contribution is 6.05. The Kier molecular flexibility index (Phi) is 7.38. The molecule has 1 saturated heterocycles. The first-order valence-electron chi connectivity index (χ1n) is 8.97. The van der Waals surface area contributed by atoms with Crippen LogP contribution >= 0.6 is 12.4 Å². The Balaban J connectivity index is 0.00000261. The van der Waals surface area contributed by atoms with Crippen molar-refractivity contribution >= 4 is 29.9 Å². The predicted molar refractivity (Wildman–Crippen MR) is 107 cm³/mol. The van der Waals surface area contributed by atoms with Gasteiger partial charge in [0.15, 0.2) is 5.69 Å². The number of nitrogens with one attached hydrogen (secondary N) is 1. The molecular weight excluding hydrogens is 366 g/mol. The monoisotopic (exact) mass is 391 g/mol. The molecule has 27 heavy (non-hydrogen) atoms. The Morgan fingerprint density at radius 1 is 1.37 bits per heavy atom. The standard InChI is InChI=1S/C19H25N5O2.ClH/c1-14-4-2-5-15(12-14)23(10-8-18(20)25)19(26)17-7-11-24(22-17)16-6-3-9-21-13-16;/h2,4-5,7,11-12,16,21H,3,6,8-10,13H2,1H3,(H2,20,25);1H. The van der Waals surface area contributed by atoms with E-state index >= 15 is 0 Å². The third-order valence-electron chi connectivity index (χ3n) is 4.61. The third-order valence-corrected chi connectivity index (χ3v) is 4.61. The van der Waals surface area contributed by atoms with E-state index in [1.54, 1.807) is 11.0 Å². The van der Waals surface area contributed by atoms with E-state index in [9.17, 15) is 9.59 Å². The zero-order valence-corrected chi connectivity index (χ0v) is 16.2. The van der Waals surface area contributed by atoms with Crippen LogP contribution in [0.15, 0.2) is 36.5 Å². The molecule has 146 valence electrons. The summed E-state index contributed by atoms with van der Waals surface area (Å²) >= 11 is 0. The number of nitrogens with zero attached hydrogens (tertiary/aromatic N) is 3. The van der Waals surface area contributed by atoms with E-state index in [4.69, 9.17) is 5.73 Å². The van der Waals surface area contributed by atoms with Gasteiger partial charge in [-0.2, -0.15) is 5.10 Å². The Hall–Kier alpha value is -2.38. The SMILES string of the molecule is Cc1cccc(N(CCC(N)=O)C(=O)c2ccn(C3CCCNC3)n2)c1.Cl. The van der Waals surface area contributed by atoms with Gasteiger partial charge in [-0.3, -0.25) is 14.3 Å². The molecule has 0 radical (unpaired) electrons. The normalized spacial score (nSPS) is 16.4. The Labute approximate surface area is 165 Å². The number of rotatable bonds is 6. The van der Waals surface area contributed by atoms with Crippen molar-refractivity contribution in [1.82, 2.24) is 15.1 Å². The molecule has 3 rings (SSSR count). The number of halogens is 1. The molecule has 2 heterocycles. The first kappa shape index (κ1) is 20.9. The topological polar surface area (TPSA) is 93.2 Å². The van der Waals surface area contributed by atoms with Gasteiger partial charge < -0.3 is 16.0 Å². The van der Waals surface area contributed by atoms with Gasteiger partial charge >= 0.3 is 0 Å². The van der Waals surface area contributed by atoms with Crippen molar-refractivity contribution in [2.45, 2.75) is 32.2 Å². The highest BCUT2D eigenvalue weighted by Gasteiger charge is 2.23. The van der Waals surface area contributed by atoms with Gasteiger partial charge in [-0.05, 0) is 50.1 Å². The molecule has 8 heteroatoms. The molecule has 1 aliphatic rings. The van der Waals surface area contributed by atoms with E-state index < -0.39 is 5.91 Å². The second-order valence-corrected chi connectivity index (χ2v) is 6.69. The molecule has 0 saturated carbocycles. The van der Waals surface area contributed by atoms with Gasteiger partial charge in [0.2, 0.25) is 5.91 Å². The molecular formula is C19H26ClN5O2. The van der Waals surface area contributed by atoms with Crippen LogP contribution in [-0.2, 0) is 4.79 Å². The summed E-state index contributed by atoms with van der Waals surface area (Å²) < 4.78 is 1.86. The zero-order chi connectivity index (χ0) is 18.5. The molecule has 0 aliphatic carbocycles. The number of carbonyl (C=O) groups excluding carboxylic acids is 2. The number of benzene rings is 1. The van der Waals surface area contributed by atoms with Gasteiger partial charge in [-0.25, -0.2) is 0 Å². The maximum atomic E-state index is 13.0. The minimum atomic E-state index is -0.436. The molecule has 1 atom stereocenters. The average molecular weight is 392 g/mol. The maximum Gasteiger partial charge on any atom is 0.278 e. The van der Waals surface area contributed by atoms with Crippen molar-refractivity contribution in [3.05, 3.63) is 47.8 Å². The highest BCUT2D eigenvalue weighted by Crippen LogP contribution is 2.20. The second-order valence-electron chi connectivity index (χ2n) is 6.69. The van der Waals surface area contributed by atoms with Gasteiger partial charge in [0.25, 0.3) is 5.91 Å². The highest BCUT2D eigenvalue weighted by atomic mass is 35.5. The van der Waals surface area contributed by atoms with E-state index in [2.05, 4.69) is 10.4 Å². The summed E-state index contributed by atoms with van der Waals surface area (Å²) in [6, 6.07) is 9.63. The molecule has 1 fully saturated rings. The zero-order valence-electron chi connectivity index (χ0n) is 15.4. The summed E-state index contributed by atoms with van der Waals surface area (Å²) in [6.07, 6.45) is 4.10. The fourth-order valence-electron chi connectivity index (χ4n) is 3.22. The van der Waals surface area contributed by atoms with Crippen LogP contribution in [0.4, 0.5) is 5.69 Å². The summed E-state index contributed by atoms with van der Waals surface area (Å²) in [6.45, 7) is 4.08. The molecule has 2 aromatic rings. The van der Waals surface area contributed by atoms with E-state index in [0.717, 1.165) is 37.2 Å². The molecule has 1 unspecified atom stereocenters. The molecule has 1 aliphatic heterocycles. The molecule has 1 aromatic carbocycles. The Morgan fingerprint density at radius 3 is 2.85 bits per heavy atom. The van der Waals surface area contributed by atoms with Crippen LogP contribution in [0.3, 0.4) is 0 Å². The quantitative estimate of drug-likeness (QED) is 0.788. The lowest BCUT2D eigenvalue weighted by Crippen LogP contribution is -2.35. The number of anilines is 1. The number of primary amides is 1. The number of aryl methyl sites for hydroxylation is 1. The van der Waals surface area contributed by atoms with E-state index in [1.165, 1.54) is 0 Å². The third kappa shape index (κ3) is 5.30. The van der Waals surface area contributed by atoms with Crippen LogP contribution in [-0.4, -0.2) is 41.2 Å². The van der Waals surface area contributed by atoms with Crippen molar-refractivity contribution in [3.8, 4) is 0 Å². The summed E-state index contributed by atoms with van der Waals surface area (Å²) in [5.74, 6) is -0.659. The smallest absolute Gasteiger partial charge is 0.278 e. The second kappa shape index (κ2) is 9.53. The summed E-state index contributed by atoms with van der Waals surface area (Å²) in [5.41, 5.74) is 7.44. The van der Waals surface area contributed by atoms with Gasteiger partial charge in [-0.1, -0.05) is 12.1 Å². The minimum Gasteiger partial charge on any atom is -0.370 e. The molecule has 2 amide bonds. The lowest BCUT2D eigenvalue weighted by Gasteiger charge is -2.23. The Bertz CT molecular complexity index is 786. The summed E-state index contributed by atoms with van der Waals surface area (Å²) in [7, 11) is 0. The minimum absolute atomic E-state index is 0. The lowest BCUT2D eigenvalue weighted by molar-refractivity contribution is -0.117. The van der Waals surface area contributed by atoms with Crippen LogP contribution in [0.25, 0.3) is 0 Å². The van der Waals surface area contributed by atoms with Crippen LogP contribution in [0.1, 0.15) is 41.4 Å². The lowest BCUT2D eigenvalue weighted by atomic mass is 10.1. The fraction of sp³-hybridized carbons (Fsp3) is 0.421. The average Bonchev–Trinajstić information content (AvgIpc) is 3.12. The van der Waals surface area contributed by atoms with Gasteiger partial charge in [0, 0.05) is 31.4 Å². The maximum absolute atomic E-state index is 13.0. The van der Waals surface area contributed by atoms with Gasteiger partial charge in [0.1, 0.15) is 0 Å². The van der Waals surface area contributed by atoms with Crippen LogP contribution in [0.5, 0.6) is 0 Å². The fourth-order valence-corrected chi connectivity index (χ4v) is 3.22. The number of hydrogen-bond donors (Lipinski definition) is 2. The number of aromatic nitrogens is 2. The van der Waals surface area contributed by atoms with Crippen LogP contribution in [0.2, 0.25) is 0 Å². The van der Waals surface area contributed by atoms with Crippen molar-refractivity contribution in [2.75, 3.05) is 24.5 Å². The molecule has 0 spiro atoms. The summed E-state index contributed by atoms with van der Waals surface area (Å²) in [4.78, 5) is 25.8. The molecule has 0 bridgehead atoms. The van der Waals surface area contributed by atoms with Crippen LogP contribution in [0, 0.1) is 6.92 Å². The van der Waals surface area contributed by atoms with Gasteiger partial charge in [-0.15, -0.1) is 12.4 Å². The number of amides is 2. The predicted octanol–water partition coefficient (Wildman–Crippen LogP) is 2.06. The first-order chi connectivity index (χ1) is 12.5. The number of piperidine rings is 1. The molecule has 7 nitrogen and oxygen atoms in total. The van der Waals surface area contributed by atoms with E-state index in [0.29, 0.717) is 5.69 Å². The first-order valence-corrected chi connectivity index (χ1v) is 8.97. The molecule has 3 N–H and O–H groups in total. The van der Waals surface area contributed by atoms with Crippen molar-refractivity contribution in [1.29, 1.82) is 0 Å².